The fourth-order valence-corrected chi connectivity index (χ4v) is 3.45. The molecule has 1 aromatic heterocycles. The number of fused-ring (bicyclic) bond motifs is 1. The van der Waals surface area contributed by atoms with Crippen LogP contribution in [-0.2, 0) is 17.2 Å². The number of alkyl halides is 2. The Hall–Kier alpha value is -2.74. The van der Waals surface area contributed by atoms with Crippen molar-refractivity contribution in [3.05, 3.63) is 64.3 Å². The highest BCUT2D eigenvalue weighted by molar-refractivity contribution is 9.10. The minimum atomic E-state index is -2.93. The summed E-state index contributed by atoms with van der Waals surface area (Å²) >= 11 is 3.57. The van der Waals surface area contributed by atoms with E-state index in [0.717, 1.165) is 22.3 Å². The second kappa shape index (κ2) is 8.78. The van der Waals surface area contributed by atoms with Gasteiger partial charge in [-0.05, 0) is 84.7 Å². The van der Waals surface area contributed by atoms with Crippen molar-refractivity contribution in [2.75, 3.05) is 0 Å². The summed E-state index contributed by atoms with van der Waals surface area (Å²) in [7, 11) is 0. The van der Waals surface area contributed by atoms with Crippen molar-refractivity contribution in [1.29, 1.82) is 0 Å². The predicted octanol–water partition coefficient (Wildman–Crippen LogP) is 6.93. The molecule has 0 unspecified atom stereocenters. The first-order valence-electron chi connectivity index (χ1n) is 9.63. The Morgan fingerprint density at radius 1 is 1.13 bits per heavy atom. The fraction of sp³-hybridized carbons (Fsp3) is 0.304. The van der Waals surface area contributed by atoms with Crippen molar-refractivity contribution in [2.24, 2.45) is 0 Å². The van der Waals surface area contributed by atoms with Crippen molar-refractivity contribution in [2.45, 2.75) is 45.8 Å². The van der Waals surface area contributed by atoms with E-state index in [2.05, 4.69) is 26.2 Å². The van der Waals surface area contributed by atoms with E-state index in [0.29, 0.717) is 17.0 Å². The van der Waals surface area contributed by atoms with E-state index in [4.69, 9.17) is 9.47 Å². The topological polar surface area (TPSA) is 60.5 Å². The van der Waals surface area contributed by atoms with Gasteiger partial charge in [-0.25, -0.2) is 13.6 Å². The Morgan fingerprint density at radius 3 is 2.42 bits per heavy atom. The molecule has 0 radical (unpaired) electrons. The number of benzene rings is 2. The highest BCUT2D eigenvalue weighted by atomic mass is 79.9. The normalized spacial score (nSPS) is 12.0. The van der Waals surface area contributed by atoms with Crippen LogP contribution in [0.1, 0.15) is 38.8 Å². The van der Waals surface area contributed by atoms with Gasteiger partial charge in [0.05, 0.1) is 0 Å². The molecule has 8 heteroatoms. The molecule has 0 aliphatic heterocycles. The number of hydrogen-bond acceptors (Lipinski definition) is 4. The molecule has 1 N–H and O–H groups in total. The summed E-state index contributed by atoms with van der Waals surface area (Å²) in [4.78, 5) is 16.4. The van der Waals surface area contributed by atoms with Gasteiger partial charge in [0.2, 0.25) is 0 Å². The summed E-state index contributed by atoms with van der Waals surface area (Å²) in [6, 6.07) is 11.0. The van der Waals surface area contributed by atoms with Gasteiger partial charge in [0.25, 0.3) is 5.92 Å². The van der Waals surface area contributed by atoms with Crippen LogP contribution in [0.2, 0.25) is 0 Å². The summed E-state index contributed by atoms with van der Waals surface area (Å²) in [5, 5.41) is 3.52. The molecule has 3 rings (SSSR count). The maximum absolute atomic E-state index is 13.5. The molecule has 2 aromatic carbocycles. The van der Waals surface area contributed by atoms with E-state index in [1.54, 1.807) is 39.1 Å². The number of halogens is 3. The number of alkyl carbamates (subject to hydrolysis) is 1. The quantitative estimate of drug-likeness (QED) is 0.419. The first-order valence-corrected chi connectivity index (χ1v) is 10.4. The van der Waals surface area contributed by atoms with Gasteiger partial charge < -0.3 is 14.8 Å². The second-order valence-corrected chi connectivity index (χ2v) is 8.91. The molecule has 1 heterocycles. The molecular formula is C23H23BrF2N2O3. The SMILES string of the molecule is CC(C)(C)OC(=O)NCc1cc(Oc2ccc(C(C)(F)F)cc2)c2ncccc2c1Br. The third-order valence-electron chi connectivity index (χ3n) is 4.28. The van der Waals surface area contributed by atoms with Crippen LogP contribution in [0.3, 0.4) is 0 Å². The summed E-state index contributed by atoms with van der Waals surface area (Å²) in [6.07, 6.45) is 1.10. The van der Waals surface area contributed by atoms with E-state index < -0.39 is 17.6 Å². The molecule has 31 heavy (non-hydrogen) atoms. The summed E-state index contributed by atoms with van der Waals surface area (Å²) in [6.45, 7) is 6.40. The third-order valence-corrected chi connectivity index (χ3v) is 5.21. The number of rotatable bonds is 5. The number of nitrogens with zero attached hydrogens (tertiary/aromatic N) is 1. The summed E-state index contributed by atoms with van der Waals surface area (Å²) in [5.41, 5.74) is 0.643. The fourth-order valence-electron chi connectivity index (χ4n) is 2.87. The molecule has 0 spiro atoms. The average molecular weight is 493 g/mol. The van der Waals surface area contributed by atoms with Crippen LogP contribution in [0.25, 0.3) is 10.9 Å². The van der Waals surface area contributed by atoms with Crippen molar-refractivity contribution in [3.63, 3.8) is 0 Å². The highest BCUT2D eigenvalue weighted by Gasteiger charge is 2.24. The van der Waals surface area contributed by atoms with Gasteiger partial charge in [0.1, 0.15) is 16.9 Å². The van der Waals surface area contributed by atoms with Crippen LogP contribution in [-0.4, -0.2) is 16.7 Å². The molecule has 3 aromatic rings. The Balaban J connectivity index is 1.90. The van der Waals surface area contributed by atoms with E-state index in [-0.39, 0.29) is 12.1 Å². The number of ether oxygens (including phenoxy) is 2. The second-order valence-electron chi connectivity index (χ2n) is 8.12. The van der Waals surface area contributed by atoms with Crippen LogP contribution in [0.5, 0.6) is 11.5 Å². The summed E-state index contributed by atoms with van der Waals surface area (Å²) in [5.74, 6) is -2.09. The van der Waals surface area contributed by atoms with E-state index in [9.17, 15) is 13.6 Å². The zero-order valence-electron chi connectivity index (χ0n) is 17.6. The number of carbonyl (C=O) groups excluding carboxylic acids is 1. The van der Waals surface area contributed by atoms with E-state index >= 15 is 0 Å². The van der Waals surface area contributed by atoms with Gasteiger partial charge >= 0.3 is 6.09 Å². The van der Waals surface area contributed by atoms with Crippen LogP contribution in [0, 0.1) is 0 Å². The molecule has 0 aliphatic rings. The average Bonchev–Trinajstić information content (AvgIpc) is 2.67. The smallest absolute Gasteiger partial charge is 0.407 e. The molecule has 0 bridgehead atoms. The van der Waals surface area contributed by atoms with Crippen LogP contribution in [0.15, 0.2) is 53.1 Å². The van der Waals surface area contributed by atoms with E-state index in [1.807, 2.05) is 6.07 Å². The molecule has 0 fully saturated rings. The van der Waals surface area contributed by atoms with Gasteiger partial charge in [-0.15, -0.1) is 0 Å². The minimum absolute atomic E-state index is 0.0964. The molecule has 5 nitrogen and oxygen atoms in total. The van der Waals surface area contributed by atoms with Gasteiger partial charge in [-0.2, -0.15) is 0 Å². The van der Waals surface area contributed by atoms with Crippen LogP contribution >= 0.6 is 15.9 Å². The largest absolute Gasteiger partial charge is 0.455 e. The van der Waals surface area contributed by atoms with Crippen LogP contribution < -0.4 is 10.1 Å². The first-order chi connectivity index (χ1) is 14.4. The zero-order chi connectivity index (χ0) is 22.8. The minimum Gasteiger partial charge on any atom is -0.455 e. The number of aromatic nitrogens is 1. The van der Waals surface area contributed by atoms with Gasteiger partial charge in [0.15, 0.2) is 5.75 Å². The monoisotopic (exact) mass is 492 g/mol. The first kappa shape index (κ1) is 22.9. The summed E-state index contributed by atoms with van der Waals surface area (Å²) < 4.78 is 39.0. The Bertz CT molecular complexity index is 1090. The van der Waals surface area contributed by atoms with Gasteiger partial charge in [0, 0.05) is 35.1 Å². The lowest BCUT2D eigenvalue weighted by Crippen LogP contribution is -2.32. The zero-order valence-corrected chi connectivity index (χ0v) is 19.2. The van der Waals surface area contributed by atoms with Crippen LogP contribution in [0.4, 0.5) is 13.6 Å². The lowest BCUT2D eigenvalue weighted by atomic mass is 10.1. The number of hydrogen-bond donors (Lipinski definition) is 1. The molecule has 164 valence electrons. The number of pyridine rings is 1. The number of nitrogens with one attached hydrogen (secondary N) is 1. The molecule has 1 amide bonds. The third kappa shape index (κ3) is 5.91. The molecule has 0 saturated carbocycles. The Labute approximate surface area is 187 Å². The highest BCUT2D eigenvalue weighted by Crippen LogP contribution is 2.37. The maximum atomic E-state index is 13.5. The predicted molar refractivity (Wildman–Crippen MR) is 119 cm³/mol. The van der Waals surface area contributed by atoms with Crippen molar-refractivity contribution in [3.8, 4) is 11.5 Å². The van der Waals surface area contributed by atoms with Crippen molar-refractivity contribution >= 4 is 32.9 Å². The number of amides is 1. The van der Waals surface area contributed by atoms with Gasteiger partial charge in [-0.1, -0.05) is 0 Å². The Kier molecular flexibility index (Phi) is 6.50. The standard InChI is InChI=1S/C23H23BrF2N2O3/c1-22(2,3)31-21(29)28-13-14-12-18(20-17(19(14)24)6-5-11-27-20)30-16-9-7-15(8-10-16)23(4,25)26/h5-12H,13H2,1-4H3,(H,28,29). The molecule has 0 saturated heterocycles. The van der Waals surface area contributed by atoms with E-state index in [1.165, 1.54) is 24.3 Å². The van der Waals surface area contributed by atoms with Gasteiger partial charge in [-0.3, -0.25) is 4.98 Å². The molecular weight excluding hydrogens is 470 g/mol. The Morgan fingerprint density at radius 2 is 1.81 bits per heavy atom. The maximum Gasteiger partial charge on any atom is 0.407 e. The lowest BCUT2D eigenvalue weighted by Gasteiger charge is -2.20. The number of carbonyl (C=O) groups is 1. The van der Waals surface area contributed by atoms with Crippen molar-refractivity contribution < 1.29 is 23.0 Å². The van der Waals surface area contributed by atoms with Crippen molar-refractivity contribution in [1.82, 2.24) is 10.3 Å². The molecule has 0 aliphatic carbocycles. The molecule has 0 atom stereocenters. The lowest BCUT2D eigenvalue weighted by molar-refractivity contribution is 0.0174.